The fraction of sp³-hybridized carbons (Fsp3) is 0.533. The van der Waals surface area contributed by atoms with Crippen LogP contribution < -0.4 is 10.2 Å². The largest absolute Gasteiger partial charge is 0.324 e. The molecule has 4 heteroatoms. The summed E-state index contributed by atoms with van der Waals surface area (Å²) < 4.78 is 0. The first-order chi connectivity index (χ1) is 9.15. The highest BCUT2D eigenvalue weighted by molar-refractivity contribution is 5.95. The number of amides is 2. The van der Waals surface area contributed by atoms with Crippen LogP contribution in [0, 0.1) is 0 Å². The van der Waals surface area contributed by atoms with Gasteiger partial charge in [0.05, 0.1) is 0 Å². The molecule has 1 aliphatic heterocycles. The van der Waals surface area contributed by atoms with Crippen LogP contribution in [0.15, 0.2) is 24.3 Å². The van der Waals surface area contributed by atoms with E-state index >= 15 is 0 Å². The Hall–Kier alpha value is -1.55. The lowest BCUT2D eigenvalue weighted by Crippen LogP contribution is -2.36. The minimum Gasteiger partial charge on any atom is -0.320 e. The lowest BCUT2D eigenvalue weighted by Gasteiger charge is -2.23. The molecular weight excluding hydrogens is 238 g/mol. The van der Waals surface area contributed by atoms with E-state index in [1.54, 1.807) is 0 Å². The van der Waals surface area contributed by atoms with Crippen molar-refractivity contribution < 1.29 is 4.79 Å². The summed E-state index contributed by atoms with van der Waals surface area (Å²) in [5.41, 5.74) is 2.29. The Bertz CT molecular complexity index is 445. The standard InChI is InChI=1S/C15H23N3O/c1-12(2)17-10-11-18(15(17)19)14-7-5-4-6-13(14)8-9-16-3/h4-7,12,16H,8-11H2,1-3H3. The van der Waals surface area contributed by atoms with Gasteiger partial charge in [0, 0.05) is 24.8 Å². The third kappa shape index (κ3) is 2.89. The highest BCUT2D eigenvalue weighted by atomic mass is 16.2. The van der Waals surface area contributed by atoms with E-state index in [1.807, 2.05) is 35.0 Å². The second-order valence-corrected chi connectivity index (χ2v) is 5.20. The first-order valence-corrected chi connectivity index (χ1v) is 6.95. The topological polar surface area (TPSA) is 35.6 Å². The van der Waals surface area contributed by atoms with Gasteiger partial charge in [-0.1, -0.05) is 18.2 Å². The third-order valence-corrected chi connectivity index (χ3v) is 3.59. The van der Waals surface area contributed by atoms with Gasteiger partial charge in [0.15, 0.2) is 0 Å². The van der Waals surface area contributed by atoms with Gasteiger partial charge in [0.1, 0.15) is 0 Å². The fourth-order valence-corrected chi connectivity index (χ4v) is 2.50. The van der Waals surface area contributed by atoms with Crippen LogP contribution in [0.5, 0.6) is 0 Å². The number of para-hydroxylation sites is 1. The van der Waals surface area contributed by atoms with Crippen LogP contribution >= 0.6 is 0 Å². The van der Waals surface area contributed by atoms with Crippen LogP contribution in [0.4, 0.5) is 10.5 Å². The molecule has 2 rings (SSSR count). The molecule has 1 N–H and O–H groups in total. The van der Waals surface area contributed by atoms with Gasteiger partial charge in [-0.3, -0.25) is 4.90 Å². The Labute approximate surface area is 115 Å². The molecule has 0 saturated carbocycles. The number of nitrogens with one attached hydrogen (secondary N) is 1. The van der Waals surface area contributed by atoms with Crippen molar-refractivity contribution in [2.75, 3.05) is 31.6 Å². The molecule has 104 valence electrons. The predicted octanol–water partition coefficient (Wildman–Crippen LogP) is 2.10. The molecule has 0 spiro atoms. The van der Waals surface area contributed by atoms with Gasteiger partial charge < -0.3 is 10.2 Å². The molecule has 1 fully saturated rings. The van der Waals surface area contributed by atoms with Crippen molar-refractivity contribution in [2.45, 2.75) is 26.3 Å². The van der Waals surface area contributed by atoms with E-state index in [9.17, 15) is 4.79 Å². The second kappa shape index (κ2) is 6.06. The van der Waals surface area contributed by atoms with Crippen molar-refractivity contribution in [2.24, 2.45) is 0 Å². The lowest BCUT2D eigenvalue weighted by molar-refractivity contribution is 0.209. The number of carbonyl (C=O) groups is 1. The van der Waals surface area contributed by atoms with Gasteiger partial charge in [0.25, 0.3) is 0 Å². The molecule has 0 aliphatic carbocycles. The van der Waals surface area contributed by atoms with Crippen molar-refractivity contribution >= 4 is 11.7 Å². The predicted molar refractivity (Wildman–Crippen MR) is 78.7 cm³/mol. The highest BCUT2D eigenvalue weighted by Crippen LogP contribution is 2.25. The van der Waals surface area contributed by atoms with Crippen molar-refractivity contribution in [3.8, 4) is 0 Å². The summed E-state index contributed by atoms with van der Waals surface area (Å²) >= 11 is 0. The summed E-state index contributed by atoms with van der Waals surface area (Å²) in [5, 5.41) is 3.16. The van der Waals surface area contributed by atoms with E-state index < -0.39 is 0 Å². The van der Waals surface area contributed by atoms with Gasteiger partial charge >= 0.3 is 6.03 Å². The Kier molecular flexibility index (Phi) is 4.43. The maximum absolute atomic E-state index is 12.4. The zero-order chi connectivity index (χ0) is 13.8. The quantitative estimate of drug-likeness (QED) is 0.881. The van der Waals surface area contributed by atoms with Gasteiger partial charge in [-0.15, -0.1) is 0 Å². The average molecular weight is 261 g/mol. The van der Waals surface area contributed by atoms with E-state index in [0.717, 1.165) is 31.7 Å². The maximum atomic E-state index is 12.4. The molecule has 0 aromatic heterocycles. The summed E-state index contributed by atoms with van der Waals surface area (Å²) in [6.07, 6.45) is 0.943. The molecule has 0 atom stereocenters. The van der Waals surface area contributed by atoms with Gasteiger partial charge in [-0.25, -0.2) is 4.79 Å². The minimum absolute atomic E-state index is 0.131. The van der Waals surface area contributed by atoms with Gasteiger partial charge in [-0.2, -0.15) is 0 Å². The zero-order valence-corrected chi connectivity index (χ0v) is 12.0. The smallest absolute Gasteiger partial charge is 0.320 e. The Morgan fingerprint density at radius 3 is 2.63 bits per heavy atom. The molecule has 1 saturated heterocycles. The summed E-state index contributed by atoms with van der Waals surface area (Å²) in [4.78, 5) is 16.2. The molecular formula is C15H23N3O. The number of benzene rings is 1. The molecule has 4 nitrogen and oxygen atoms in total. The van der Waals surface area contributed by atoms with E-state index in [4.69, 9.17) is 0 Å². The zero-order valence-electron chi connectivity index (χ0n) is 12.0. The Morgan fingerprint density at radius 2 is 2.00 bits per heavy atom. The van der Waals surface area contributed by atoms with Crippen LogP contribution in [0.25, 0.3) is 0 Å². The second-order valence-electron chi connectivity index (χ2n) is 5.20. The molecule has 1 aliphatic rings. The first kappa shape index (κ1) is 13.9. The monoisotopic (exact) mass is 261 g/mol. The van der Waals surface area contributed by atoms with Crippen molar-refractivity contribution in [3.63, 3.8) is 0 Å². The number of nitrogens with zero attached hydrogens (tertiary/aromatic N) is 2. The summed E-state index contributed by atoms with van der Waals surface area (Å²) in [5.74, 6) is 0. The summed E-state index contributed by atoms with van der Waals surface area (Å²) in [6, 6.07) is 8.60. The molecule has 0 radical (unpaired) electrons. The maximum Gasteiger partial charge on any atom is 0.324 e. The van der Waals surface area contributed by atoms with Crippen LogP contribution in [-0.4, -0.2) is 43.7 Å². The fourth-order valence-electron chi connectivity index (χ4n) is 2.50. The number of rotatable bonds is 5. The van der Waals surface area contributed by atoms with Crippen molar-refractivity contribution in [1.29, 1.82) is 0 Å². The average Bonchev–Trinajstić information content (AvgIpc) is 2.78. The number of urea groups is 1. The SMILES string of the molecule is CNCCc1ccccc1N1CCN(C(C)C)C1=O. The number of hydrogen-bond donors (Lipinski definition) is 1. The van der Waals surface area contributed by atoms with E-state index in [-0.39, 0.29) is 12.1 Å². The molecule has 19 heavy (non-hydrogen) atoms. The highest BCUT2D eigenvalue weighted by Gasteiger charge is 2.31. The van der Waals surface area contributed by atoms with E-state index in [2.05, 4.69) is 25.2 Å². The number of anilines is 1. The van der Waals surface area contributed by atoms with E-state index in [1.165, 1.54) is 5.56 Å². The summed E-state index contributed by atoms with van der Waals surface area (Å²) in [6.45, 7) is 6.65. The molecule has 1 heterocycles. The third-order valence-electron chi connectivity index (χ3n) is 3.59. The van der Waals surface area contributed by atoms with Gasteiger partial charge in [-0.05, 0) is 45.5 Å². The lowest BCUT2D eigenvalue weighted by atomic mass is 10.1. The molecule has 0 bridgehead atoms. The molecule has 0 unspecified atom stereocenters. The minimum atomic E-state index is 0.131. The first-order valence-electron chi connectivity index (χ1n) is 6.95. The van der Waals surface area contributed by atoms with Crippen LogP contribution in [-0.2, 0) is 6.42 Å². The van der Waals surface area contributed by atoms with Crippen LogP contribution in [0.3, 0.4) is 0 Å². The number of hydrogen-bond acceptors (Lipinski definition) is 2. The number of carbonyl (C=O) groups excluding carboxylic acids is 1. The normalized spacial score (nSPS) is 15.7. The Balaban J connectivity index is 2.20. The van der Waals surface area contributed by atoms with E-state index in [0.29, 0.717) is 0 Å². The number of likely N-dealkylation sites (N-methyl/N-ethyl adjacent to an activating group) is 1. The van der Waals surface area contributed by atoms with Crippen molar-refractivity contribution in [1.82, 2.24) is 10.2 Å². The molecule has 1 aromatic carbocycles. The Morgan fingerprint density at radius 1 is 1.26 bits per heavy atom. The van der Waals surface area contributed by atoms with Crippen molar-refractivity contribution in [3.05, 3.63) is 29.8 Å². The van der Waals surface area contributed by atoms with Crippen LogP contribution in [0.1, 0.15) is 19.4 Å². The van der Waals surface area contributed by atoms with Crippen LogP contribution in [0.2, 0.25) is 0 Å². The summed E-state index contributed by atoms with van der Waals surface area (Å²) in [7, 11) is 1.95. The molecule has 2 amide bonds. The molecule has 1 aromatic rings. The van der Waals surface area contributed by atoms with Gasteiger partial charge in [0.2, 0.25) is 0 Å².